The van der Waals surface area contributed by atoms with Gasteiger partial charge in [-0.05, 0) is 6.92 Å². The molecule has 0 aromatic heterocycles. The number of nitrogens with zero attached hydrogens (tertiary/aromatic N) is 1. The van der Waals surface area contributed by atoms with Gasteiger partial charge in [0.1, 0.15) is 0 Å². The van der Waals surface area contributed by atoms with Crippen molar-refractivity contribution in [2.45, 2.75) is 19.1 Å². The third-order valence-corrected chi connectivity index (χ3v) is 3.51. The van der Waals surface area contributed by atoms with Gasteiger partial charge in [-0.1, -0.05) is 0 Å². The third kappa shape index (κ3) is 2.21. The Hall–Kier alpha value is -0.260. The largest absolute Gasteiger partial charge is 0.375 e. The molecule has 2 heterocycles. The molecular weight excluding hydrogens is 200 g/mol. The lowest BCUT2D eigenvalue weighted by Gasteiger charge is -2.32. The first kappa shape index (κ1) is 10.3. The number of ether oxygens (including phenoxy) is 1. The maximum atomic E-state index is 11.9. The van der Waals surface area contributed by atoms with E-state index in [9.17, 15) is 4.79 Å². The Morgan fingerprint density at radius 1 is 1.64 bits per heavy atom. The SMILES string of the molecule is CC1CN(C(=O)[C@H]2CSCN2)CCO1. The van der Waals surface area contributed by atoms with E-state index in [2.05, 4.69) is 5.32 Å². The summed E-state index contributed by atoms with van der Waals surface area (Å²) in [5, 5.41) is 3.20. The normalized spacial score (nSPS) is 33.4. The number of hydrogen-bond acceptors (Lipinski definition) is 4. The highest BCUT2D eigenvalue weighted by Crippen LogP contribution is 2.13. The first-order valence-electron chi connectivity index (χ1n) is 4.99. The molecule has 0 spiro atoms. The number of carbonyl (C=O) groups excluding carboxylic acids is 1. The van der Waals surface area contributed by atoms with Gasteiger partial charge in [0, 0.05) is 24.7 Å². The first-order chi connectivity index (χ1) is 6.77. The maximum absolute atomic E-state index is 11.9. The van der Waals surface area contributed by atoms with Gasteiger partial charge in [0.2, 0.25) is 5.91 Å². The molecular formula is C9H16N2O2S. The van der Waals surface area contributed by atoms with Crippen molar-refractivity contribution in [1.82, 2.24) is 10.2 Å². The van der Waals surface area contributed by atoms with Crippen molar-refractivity contribution in [3.05, 3.63) is 0 Å². The smallest absolute Gasteiger partial charge is 0.240 e. The summed E-state index contributed by atoms with van der Waals surface area (Å²) in [4.78, 5) is 13.9. The summed E-state index contributed by atoms with van der Waals surface area (Å²) in [6.45, 7) is 4.16. The van der Waals surface area contributed by atoms with Crippen molar-refractivity contribution in [2.24, 2.45) is 0 Å². The molecule has 0 saturated carbocycles. The van der Waals surface area contributed by atoms with E-state index >= 15 is 0 Å². The van der Waals surface area contributed by atoms with Crippen LogP contribution in [-0.2, 0) is 9.53 Å². The van der Waals surface area contributed by atoms with Gasteiger partial charge in [-0.25, -0.2) is 0 Å². The number of carbonyl (C=O) groups is 1. The van der Waals surface area contributed by atoms with Crippen LogP contribution in [0.1, 0.15) is 6.92 Å². The zero-order valence-corrected chi connectivity index (χ0v) is 9.18. The fourth-order valence-corrected chi connectivity index (χ4v) is 2.73. The van der Waals surface area contributed by atoms with E-state index in [1.807, 2.05) is 11.8 Å². The van der Waals surface area contributed by atoms with Gasteiger partial charge in [-0.3, -0.25) is 10.1 Å². The molecule has 14 heavy (non-hydrogen) atoms. The van der Waals surface area contributed by atoms with Crippen LogP contribution in [0.4, 0.5) is 0 Å². The molecule has 2 fully saturated rings. The quantitative estimate of drug-likeness (QED) is 0.664. The lowest BCUT2D eigenvalue weighted by atomic mass is 10.2. The lowest BCUT2D eigenvalue weighted by Crippen LogP contribution is -2.51. The summed E-state index contributed by atoms with van der Waals surface area (Å²) < 4.78 is 5.40. The van der Waals surface area contributed by atoms with Gasteiger partial charge in [-0.2, -0.15) is 0 Å². The summed E-state index contributed by atoms with van der Waals surface area (Å²) in [5.41, 5.74) is 0. The Balaban J connectivity index is 1.89. The zero-order valence-electron chi connectivity index (χ0n) is 8.36. The zero-order chi connectivity index (χ0) is 9.97. The second-order valence-corrected chi connectivity index (χ2v) is 4.77. The van der Waals surface area contributed by atoms with E-state index in [0.29, 0.717) is 6.61 Å². The highest BCUT2D eigenvalue weighted by molar-refractivity contribution is 7.99. The van der Waals surface area contributed by atoms with Crippen molar-refractivity contribution in [2.75, 3.05) is 31.3 Å². The highest BCUT2D eigenvalue weighted by atomic mass is 32.2. The molecule has 1 N–H and O–H groups in total. The molecule has 80 valence electrons. The average molecular weight is 216 g/mol. The molecule has 2 saturated heterocycles. The van der Waals surface area contributed by atoms with Crippen molar-refractivity contribution < 1.29 is 9.53 Å². The van der Waals surface area contributed by atoms with E-state index in [-0.39, 0.29) is 18.1 Å². The van der Waals surface area contributed by atoms with Gasteiger partial charge in [0.05, 0.1) is 18.8 Å². The number of morpholine rings is 1. The van der Waals surface area contributed by atoms with E-state index < -0.39 is 0 Å². The fourth-order valence-electron chi connectivity index (χ4n) is 1.79. The Bertz CT molecular complexity index is 219. The highest BCUT2D eigenvalue weighted by Gasteiger charge is 2.29. The van der Waals surface area contributed by atoms with Crippen molar-refractivity contribution in [3.8, 4) is 0 Å². The second-order valence-electron chi connectivity index (χ2n) is 3.74. The predicted molar refractivity (Wildman–Crippen MR) is 56.2 cm³/mol. The Morgan fingerprint density at radius 2 is 2.50 bits per heavy atom. The van der Waals surface area contributed by atoms with Crippen LogP contribution in [0.3, 0.4) is 0 Å². The minimum Gasteiger partial charge on any atom is -0.375 e. The minimum absolute atomic E-state index is 0.0327. The molecule has 2 rings (SSSR count). The van der Waals surface area contributed by atoms with Crippen LogP contribution >= 0.6 is 11.8 Å². The van der Waals surface area contributed by atoms with Crippen molar-refractivity contribution in [1.29, 1.82) is 0 Å². The van der Waals surface area contributed by atoms with Gasteiger partial charge in [-0.15, -0.1) is 11.8 Å². The summed E-state index contributed by atoms with van der Waals surface area (Å²) in [7, 11) is 0. The lowest BCUT2D eigenvalue weighted by molar-refractivity contribution is -0.139. The van der Waals surface area contributed by atoms with E-state index in [1.54, 1.807) is 11.8 Å². The molecule has 1 amide bonds. The van der Waals surface area contributed by atoms with Crippen LogP contribution in [0.15, 0.2) is 0 Å². The maximum Gasteiger partial charge on any atom is 0.240 e. The molecule has 2 aliphatic rings. The van der Waals surface area contributed by atoms with Crippen LogP contribution in [0.2, 0.25) is 0 Å². The topological polar surface area (TPSA) is 41.6 Å². The van der Waals surface area contributed by atoms with Gasteiger partial charge in [0.25, 0.3) is 0 Å². The number of rotatable bonds is 1. The Morgan fingerprint density at radius 3 is 3.14 bits per heavy atom. The van der Waals surface area contributed by atoms with E-state index in [0.717, 1.165) is 24.7 Å². The average Bonchev–Trinajstić information content (AvgIpc) is 2.69. The van der Waals surface area contributed by atoms with E-state index in [1.165, 1.54) is 0 Å². The van der Waals surface area contributed by atoms with Crippen molar-refractivity contribution in [3.63, 3.8) is 0 Å². The van der Waals surface area contributed by atoms with Crippen LogP contribution in [-0.4, -0.2) is 54.3 Å². The summed E-state index contributed by atoms with van der Waals surface area (Å²) >= 11 is 1.79. The summed E-state index contributed by atoms with van der Waals surface area (Å²) in [6, 6.07) is 0.0327. The summed E-state index contributed by atoms with van der Waals surface area (Å²) in [5.74, 6) is 2.05. The van der Waals surface area contributed by atoms with Crippen LogP contribution < -0.4 is 5.32 Å². The standard InChI is InChI=1S/C9H16N2O2S/c1-7-4-11(2-3-13-7)9(12)8-5-14-6-10-8/h7-8,10H,2-6H2,1H3/t7?,8-/m1/s1. The number of hydrogen-bond donors (Lipinski definition) is 1. The molecule has 2 aliphatic heterocycles. The molecule has 2 atom stereocenters. The molecule has 0 aromatic carbocycles. The fraction of sp³-hybridized carbons (Fsp3) is 0.889. The van der Waals surface area contributed by atoms with E-state index in [4.69, 9.17) is 4.74 Å². The molecule has 0 radical (unpaired) electrons. The molecule has 5 heteroatoms. The van der Waals surface area contributed by atoms with Crippen molar-refractivity contribution >= 4 is 17.7 Å². The van der Waals surface area contributed by atoms with Gasteiger partial charge in [0.15, 0.2) is 0 Å². The molecule has 4 nitrogen and oxygen atoms in total. The molecule has 1 unspecified atom stereocenters. The number of nitrogens with one attached hydrogen (secondary N) is 1. The number of thioether (sulfide) groups is 1. The van der Waals surface area contributed by atoms with Gasteiger partial charge < -0.3 is 9.64 Å². The first-order valence-corrected chi connectivity index (χ1v) is 6.14. The van der Waals surface area contributed by atoms with Crippen LogP contribution in [0, 0.1) is 0 Å². The molecule has 0 bridgehead atoms. The minimum atomic E-state index is 0.0327. The predicted octanol–water partition coefficient (Wildman–Crippen LogP) is -0.104. The Labute approximate surface area is 88.4 Å². The second kappa shape index (κ2) is 4.51. The van der Waals surface area contributed by atoms with Crippen LogP contribution in [0.5, 0.6) is 0 Å². The third-order valence-electron chi connectivity index (χ3n) is 2.57. The molecule has 0 aliphatic carbocycles. The molecule has 0 aromatic rings. The number of amides is 1. The van der Waals surface area contributed by atoms with Crippen LogP contribution in [0.25, 0.3) is 0 Å². The summed E-state index contributed by atoms with van der Waals surface area (Å²) in [6.07, 6.45) is 0.182. The Kier molecular flexibility index (Phi) is 3.30. The van der Waals surface area contributed by atoms with Gasteiger partial charge >= 0.3 is 0 Å². The monoisotopic (exact) mass is 216 g/mol.